The topological polar surface area (TPSA) is 17.0 Å². The van der Waals surface area contributed by atoms with Gasteiger partial charge in [-0.05, 0) is 72.3 Å². The molecule has 2 nitrogen and oxygen atoms in total. The summed E-state index contributed by atoms with van der Waals surface area (Å²) in [5.74, 6) is -0.233. The van der Waals surface area contributed by atoms with Crippen molar-refractivity contribution in [2.45, 2.75) is 66.6 Å². The number of furan rings is 1. The molecule has 0 aliphatic rings. The lowest BCUT2D eigenvalue weighted by molar-refractivity contribution is -0.633. The molecule has 0 aliphatic carbocycles. The first-order chi connectivity index (χ1) is 16.7. The van der Waals surface area contributed by atoms with Crippen LogP contribution in [0.4, 0.5) is 4.39 Å². The van der Waals surface area contributed by atoms with Crippen LogP contribution in [-0.4, -0.2) is 8.07 Å². The lowest BCUT2D eigenvalue weighted by atomic mass is 9.86. The zero-order chi connectivity index (χ0) is 26.3. The highest BCUT2D eigenvalue weighted by atomic mass is 28.3. The molecular weight excluding hydrogens is 461 g/mol. The fourth-order valence-corrected chi connectivity index (χ4v) is 7.01. The summed E-state index contributed by atoms with van der Waals surface area (Å²) in [7, 11) is 0.477. The predicted octanol–water partition coefficient (Wildman–Crippen LogP) is 8.14. The van der Waals surface area contributed by atoms with Gasteiger partial charge in [-0.3, -0.25) is 0 Å². The van der Waals surface area contributed by atoms with Crippen LogP contribution in [0.3, 0.4) is 0 Å². The van der Waals surface area contributed by atoms with E-state index in [2.05, 4.69) is 96.2 Å². The van der Waals surface area contributed by atoms with Gasteiger partial charge < -0.3 is 4.42 Å². The third-order valence-corrected chi connectivity index (χ3v) is 9.88. The third-order valence-electron chi connectivity index (χ3n) is 7.85. The van der Waals surface area contributed by atoms with Crippen LogP contribution in [-0.2, 0) is 12.5 Å². The summed E-state index contributed by atoms with van der Waals surface area (Å²) in [4.78, 5) is 0. The number of hydrogen-bond donors (Lipinski definition) is 0. The number of rotatable bonds is 2. The SMILES string of the molecule is Cc1cc2c(oc3c(C)c(F)ccc32)c(-c2cc([Si](C)(C)C)c3ccc(C(C)(C)C)cc3[n+]2C)c1C. The van der Waals surface area contributed by atoms with Gasteiger partial charge in [0.2, 0.25) is 11.2 Å². The van der Waals surface area contributed by atoms with Gasteiger partial charge in [0.05, 0.1) is 13.6 Å². The second-order valence-corrected chi connectivity index (χ2v) is 17.5. The summed E-state index contributed by atoms with van der Waals surface area (Å²) in [6, 6.07) is 15.0. The predicted molar refractivity (Wildman–Crippen MR) is 154 cm³/mol. The molecule has 0 fully saturated rings. The lowest BCUT2D eigenvalue weighted by Gasteiger charge is -2.23. The first kappa shape index (κ1) is 24.7. The molecule has 5 aromatic rings. The van der Waals surface area contributed by atoms with Crippen molar-refractivity contribution in [1.29, 1.82) is 0 Å². The van der Waals surface area contributed by atoms with Crippen molar-refractivity contribution in [1.82, 2.24) is 0 Å². The number of aromatic nitrogens is 1. The van der Waals surface area contributed by atoms with Crippen molar-refractivity contribution in [2.24, 2.45) is 7.05 Å². The van der Waals surface area contributed by atoms with Crippen LogP contribution in [0.15, 0.2) is 46.9 Å². The number of benzene rings is 3. The highest BCUT2D eigenvalue weighted by molar-refractivity contribution is 6.90. The van der Waals surface area contributed by atoms with Crippen LogP contribution in [0.1, 0.15) is 43.0 Å². The Morgan fingerprint density at radius 2 is 1.47 bits per heavy atom. The maximum absolute atomic E-state index is 14.5. The summed E-state index contributed by atoms with van der Waals surface area (Å²) in [5, 5.41) is 4.79. The average molecular weight is 499 g/mol. The van der Waals surface area contributed by atoms with Gasteiger partial charge in [-0.1, -0.05) is 46.5 Å². The maximum atomic E-state index is 14.5. The molecule has 2 aromatic heterocycles. The Morgan fingerprint density at radius 1 is 0.806 bits per heavy atom. The van der Waals surface area contributed by atoms with Crippen molar-refractivity contribution in [2.75, 3.05) is 0 Å². The quantitative estimate of drug-likeness (QED) is 0.177. The van der Waals surface area contributed by atoms with E-state index in [9.17, 15) is 4.39 Å². The van der Waals surface area contributed by atoms with Gasteiger partial charge in [0.1, 0.15) is 24.0 Å². The number of fused-ring (bicyclic) bond motifs is 4. The standard InChI is InChI=1S/C32H37FNOSi/c1-18-15-24-22-13-14-25(33)20(3)30(22)35-31(24)29(19(18)2)27-17-28(36(8,9)10)23-12-11-21(32(4,5)6)16-26(23)34(27)7/h11-17H,1-10H3/q+1. The summed E-state index contributed by atoms with van der Waals surface area (Å²) in [6.45, 7) is 20.2. The Bertz CT molecular complexity index is 1700. The molecule has 5 rings (SSSR count). The molecule has 3 aromatic carbocycles. The summed E-state index contributed by atoms with van der Waals surface area (Å²) in [6.07, 6.45) is 0. The van der Waals surface area contributed by atoms with Crippen LogP contribution >= 0.6 is 0 Å². The molecule has 36 heavy (non-hydrogen) atoms. The van der Waals surface area contributed by atoms with Gasteiger partial charge in [0.15, 0.2) is 0 Å². The van der Waals surface area contributed by atoms with E-state index in [0.717, 1.165) is 27.6 Å². The average Bonchev–Trinajstić information content (AvgIpc) is 3.15. The van der Waals surface area contributed by atoms with Crippen molar-refractivity contribution in [3.8, 4) is 11.3 Å². The van der Waals surface area contributed by atoms with E-state index in [1.165, 1.54) is 32.8 Å². The Labute approximate surface area is 214 Å². The summed E-state index contributed by atoms with van der Waals surface area (Å²) in [5.41, 5.74) is 9.32. The van der Waals surface area contributed by atoms with E-state index >= 15 is 0 Å². The Kier molecular flexibility index (Phi) is 5.49. The molecule has 0 radical (unpaired) electrons. The molecule has 0 bridgehead atoms. The smallest absolute Gasteiger partial charge is 0.216 e. The van der Waals surface area contributed by atoms with Gasteiger partial charge in [-0.2, -0.15) is 4.57 Å². The third kappa shape index (κ3) is 3.69. The highest BCUT2D eigenvalue weighted by Crippen LogP contribution is 2.40. The van der Waals surface area contributed by atoms with E-state index in [4.69, 9.17) is 4.42 Å². The zero-order valence-electron chi connectivity index (χ0n) is 23.3. The van der Waals surface area contributed by atoms with Crippen molar-refractivity contribution in [3.63, 3.8) is 0 Å². The molecule has 0 unspecified atom stereocenters. The normalized spacial score (nSPS) is 12.9. The number of hydrogen-bond acceptors (Lipinski definition) is 1. The summed E-state index contributed by atoms with van der Waals surface area (Å²) < 4.78 is 23.3. The minimum atomic E-state index is -1.69. The first-order valence-corrected chi connectivity index (χ1v) is 16.3. The van der Waals surface area contributed by atoms with Crippen LogP contribution < -0.4 is 9.75 Å². The number of pyridine rings is 1. The molecule has 0 amide bonds. The zero-order valence-corrected chi connectivity index (χ0v) is 24.3. The Morgan fingerprint density at radius 3 is 2.11 bits per heavy atom. The fraction of sp³-hybridized carbons (Fsp3) is 0.344. The molecule has 0 aliphatic heterocycles. The van der Waals surface area contributed by atoms with E-state index in [-0.39, 0.29) is 11.2 Å². The molecule has 0 spiro atoms. The van der Waals surface area contributed by atoms with E-state index in [1.54, 1.807) is 13.0 Å². The van der Waals surface area contributed by atoms with E-state index in [1.807, 2.05) is 6.07 Å². The molecule has 0 N–H and O–H groups in total. The number of halogens is 1. The fourth-order valence-electron chi connectivity index (χ4n) is 5.43. The second-order valence-electron chi connectivity index (χ2n) is 12.5. The molecule has 186 valence electrons. The Balaban J connectivity index is 1.97. The van der Waals surface area contributed by atoms with Crippen LogP contribution in [0.2, 0.25) is 19.6 Å². The molecule has 0 atom stereocenters. The van der Waals surface area contributed by atoms with Crippen molar-refractivity contribution in [3.05, 3.63) is 70.5 Å². The molecule has 0 saturated heterocycles. The van der Waals surface area contributed by atoms with Gasteiger partial charge >= 0.3 is 0 Å². The van der Waals surface area contributed by atoms with E-state index in [0.29, 0.717) is 11.1 Å². The lowest BCUT2D eigenvalue weighted by Crippen LogP contribution is -2.43. The van der Waals surface area contributed by atoms with Gasteiger partial charge in [-0.25, -0.2) is 4.39 Å². The van der Waals surface area contributed by atoms with Crippen LogP contribution in [0.25, 0.3) is 44.1 Å². The largest absolute Gasteiger partial charge is 0.455 e. The van der Waals surface area contributed by atoms with Crippen LogP contribution in [0, 0.1) is 26.6 Å². The van der Waals surface area contributed by atoms with Gasteiger partial charge in [-0.15, -0.1) is 0 Å². The van der Waals surface area contributed by atoms with E-state index < -0.39 is 8.07 Å². The van der Waals surface area contributed by atoms with Crippen molar-refractivity contribution >= 4 is 46.1 Å². The number of nitrogens with zero attached hydrogens (tertiary/aromatic N) is 1. The minimum absolute atomic E-state index is 0.0589. The minimum Gasteiger partial charge on any atom is -0.455 e. The first-order valence-electron chi connectivity index (χ1n) is 12.8. The second kappa shape index (κ2) is 8.01. The Hall–Kier alpha value is -2.98. The van der Waals surface area contributed by atoms with Crippen molar-refractivity contribution < 1.29 is 13.4 Å². The molecule has 4 heteroatoms. The molecule has 0 saturated carbocycles. The molecular formula is C32H37FNOSi+. The summed E-state index contributed by atoms with van der Waals surface area (Å²) >= 11 is 0. The van der Waals surface area contributed by atoms with Gasteiger partial charge in [0, 0.05) is 33.9 Å². The molecule has 2 heterocycles. The monoisotopic (exact) mass is 498 g/mol. The number of aryl methyl sites for hydroxylation is 3. The van der Waals surface area contributed by atoms with Crippen LogP contribution in [0.5, 0.6) is 0 Å². The maximum Gasteiger partial charge on any atom is 0.216 e. The highest BCUT2D eigenvalue weighted by Gasteiger charge is 2.30. The van der Waals surface area contributed by atoms with Gasteiger partial charge in [0.25, 0.3) is 0 Å².